The quantitative estimate of drug-likeness (QED) is 0.621. The summed E-state index contributed by atoms with van der Waals surface area (Å²) in [4.78, 5) is 5.76. The average Bonchev–Trinajstić information content (AvgIpc) is 2.92. The maximum atomic E-state index is 4.12. The lowest BCUT2D eigenvalue weighted by molar-refractivity contribution is 0.967. The molecule has 0 N–H and O–H groups in total. The smallest absolute Gasteiger partial charge is 0.0794 e. The fourth-order valence-electron chi connectivity index (χ4n) is 2.05. The molecular weight excluding hydrogens is 306 g/mol. The van der Waals surface area contributed by atoms with Crippen LogP contribution >= 0.6 is 27.3 Å². The molecule has 3 aromatic rings. The Hall–Kier alpha value is -1.19. The van der Waals surface area contributed by atoms with Gasteiger partial charge in [-0.1, -0.05) is 58.4 Å². The van der Waals surface area contributed by atoms with Crippen LogP contribution in [0, 0.1) is 0 Å². The van der Waals surface area contributed by atoms with Gasteiger partial charge in [0.25, 0.3) is 0 Å². The minimum absolute atomic E-state index is 0.353. The van der Waals surface area contributed by atoms with Crippen molar-refractivity contribution < 1.29 is 0 Å². The summed E-state index contributed by atoms with van der Waals surface area (Å²) in [6.45, 7) is 0. The van der Waals surface area contributed by atoms with E-state index < -0.39 is 0 Å². The van der Waals surface area contributed by atoms with Gasteiger partial charge in [0.1, 0.15) is 0 Å². The zero-order valence-corrected chi connectivity index (χ0v) is 12.1. The van der Waals surface area contributed by atoms with Gasteiger partial charge in [0.15, 0.2) is 0 Å². The summed E-state index contributed by atoms with van der Waals surface area (Å²) < 4.78 is 0. The molecule has 0 aliphatic carbocycles. The zero-order valence-electron chi connectivity index (χ0n) is 9.71. The van der Waals surface area contributed by atoms with E-state index >= 15 is 0 Å². The van der Waals surface area contributed by atoms with Crippen LogP contribution in [0.1, 0.15) is 15.3 Å². The Balaban J connectivity index is 1.86. The minimum Gasteiger partial charge on any atom is -0.253 e. The number of rotatable bonds is 3. The predicted molar refractivity (Wildman–Crippen MR) is 81.4 cm³/mol. The molecule has 0 aliphatic heterocycles. The van der Waals surface area contributed by atoms with Gasteiger partial charge in [-0.25, -0.2) is 0 Å². The van der Waals surface area contributed by atoms with Crippen LogP contribution in [0.2, 0.25) is 0 Å². The molecule has 1 heterocycles. The van der Waals surface area contributed by atoms with Crippen molar-refractivity contribution in [1.29, 1.82) is 0 Å². The SMILES string of the molecule is BrC(Cc1ccc2ccccc2c1)c1cncs1. The maximum absolute atomic E-state index is 4.12. The molecule has 0 bridgehead atoms. The van der Waals surface area contributed by atoms with Gasteiger partial charge < -0.3 is 0 Å². The normalized spacial score (nSPS) is 12.7. The van der Waals surface area contributed by atoms with Crippen LogP contribution in [-0.2, 0) is 6.42 Å². The Bertz CT molecular complexity index is 648. The number of hydrogen-bond donors (Lipinski definition) is 0. The minimum atomic E-state index is 0.353. The van der Waals surface area contributed by atoms with E-state index in [1.165, 1.54) is 21.2 Å². The predicted octanol–water partition coefficient (Wildman–Crippen LogP) is 4.98. The van der Waals surface area contributed by atoms with E-state index in [9.17, 15) is 0 Å². The number of fused-ring (bicyclic) bond motifs is 1. The van der Waals surface area contributed by atoms with Crippen LogP contribution in [0.5, 0.6) is 0 Å². The van der Waals surface area contributed by atoms with Crippen molar-refractivity contribution in [1.82, 2.24) is 4.98 Å². The summed E-state index contributed by atoms with van der Waals surface area (Å²) in [6.07, 6.45) is 2.93. The second-order valence-electron chi connectivity index (χ2n) is 4.26. The topological polar surface area (TPSA) is 12.9 Å². The largest absolute Gasteiger partial charge is 0.253 e. The number of hydrogen-bond acceptors (Lipinski definition) is 2. The van der Waals surface area contributed by atoms with Crippen LogP contribution in [0.15, 0.2) is 54.2 Å². The number of benzene rings is 2. The highest BCUT2D eigenvalue weighted by atomic mass is 79.9. The van der Waals surface area contributed by atoms with Gasteiger partial charge in [-0.3, -0.25) is 4.98 Å². The van der Waals surface area contributed by atoms with Crippen molar-refractivity contribution in [2.24, 2.45) is 0 Å². The first-order valence-electron chi connectivity index (χ1n) is 5.83. The second kappa shape index (κ2) is 5.21. The number of halogens is 1. The van der Waals surface area contributed by atoms with Gasteiger partial charge in [0.2, 0.25) is 0 Å². The number of aromatic nitrogens is 1. The highest BCUT2D eigenvalue weighted by molar-refractivity contribution is 9.09. The van der Waals surface area contributed by atoms with E-state index in [0.29, 0.717) is 4.83 Å². The highest BCUT2D eigenvalue weighted by Gasteiger charge is 2.10. The van der Waals surface area contributed by atoms with Crippen molar-refractivity contribution in [2.75, 3.05) is 0 Å². The molecule has 0 amide bonds. The molecule has 0 aliphatic rings. The van der Waals surface area contributed by atoms with Crippen LogP contribution in [-0.4, -0.2) is 4.98 Å². The van der Waals surface area contributed by atoms with Crippen molar-refractivity contribution in [3.63, 3.8) is 0 Å². The lowest BCUT2D eigenvalue weighted by Crippen LogP contribution is -1.92. The number of nitrogens with zero attached hydrogens (tertiary/aromatic N) is 1. The van der Waals surface area contributed by atoms with Gasteiger partial charge in [0.05, 0.1) is 10.3 Å². The van der Waals surface area contributed by atoms with E-state index in [2.05, 4.69) is 63.4 Å². The number of alkyl halides is 1. The van der Waals surface area contributed by atoms with E-state index in [0.717, 1.165) is 6.42 Å². The number of thiazole rings is 1. The first-order chi connectivity index (χ1) is 8.83. The maximum Gasteiger partial charge on any atom is 0.0794 e. The van der Waals surface area contributed by atoms with E-state index in [-0.39, 0.29) is 0 Å². The summed E-state index contributed by atoms with van der Waals surface area (Å²) >= 11 is 5.43. The summed E-state index contributed by atoms with van der Waals surface area (Å²) in [5.41, 5.74) is 3.23. The molecule has 3 heteroatoms. The highest BCUT2D eigenvalue weighted by Crippen LogP contribution is 2.30. The Morgan fingerprint density at radius 3 is 2.72 bits per heavy atom. The second-order valence-corrected chi connectivity index (χ2v) is 6.28. The molecule has 90 valence electrons. The molecule has 2 aromatic carbocycles. The van der Waals surface area contributed by atoms with E-state index in [1.54, 1.807) is 11.3 Å². The Morgan fingerprint density at radius 2 is 1.94 bits per heavy atom. The molecule has 1 nitrogen and oxygen atoms in total. The van der Waals surface area contributed by atoms with Gasteiger partial charge in [-0.05, 0) is 22.8 Å². The Morgan fingerprint density at radius 1 is 1.11 bits per heavy atom. The average molecular weight is 318 g/mol. The van der Waals surface area contributed by atoms with Crippen LogP contribution in [0.4, 0.5) is 0 Å². The van der Waals surface area contributed by atoms with Gasteiger partial charge in [-0.2, -0.15) is 0 Å². The van der Waals surface area contributed by atoms with Crippen molar-refractivity contribution >= 4 is 38.0 Å². The molecule has 1 atom stereocenters. The molecule has 3 rings (SSSR count). The third-order valence-electron chi connectivity index (χ3n) is 2.99. The third-order valence-corrected chi connectivity index (χ3v) is 5.00. The van der Waals surface area contributed by atoms with Gasteiger partial charge in [0, 0.05) is 11.1 Å². The van der Waals surface area contributed by atoms with Gasteiger partial charge in [-0.15, -0.1) is 11.3 Å². The fraction of sp³-hybridized carbons (Fsp3) is 0.133. The van der Waals surface area contributed by atoms with E-state index in [4.69, 9.17) is 0 Å². The molecule has 0 saturated heterocycles. The fourth-order valence-corrected chi connectivity index (χ4v) is 3.47. The third kappa shape index (κ3) is 2.47. The van der Waals surface area contributed by atoms with E-state index in [1.807, 2.05) is 11.7 Å². The monoisotopic (exact) mass is 317 g/mol. The molecule has 18 heavy (non-hydrogen) atoms. The van der Waals surface area contributed by atoms with Crippen LogP contribution < -0.4 is 0 Å². The summed E-state index contributed by atoms with van der Waals surface area (Å²) in [7, 11) is 0. The first kappa shape index (κ1) is 11.9. The van der Waals surface area contributed by atoms with Gasteiger partial charge >= 0.3 is 0 Å². The molecule has 0 saturated carbocycles. The van der Waals surface area contributed by atoms with Crippen LogP contribution in [0.3, 0.4) is 0 Å². The first-order valence-corrected chi connectivity index (χ1v) is 7.62. The molecule has 0 radical (unpaired) electrons. The zero-order chi connectivity index (χ0) is 12.4. The van der Waals surface area contributed by atoms with Crippen molar-refractivity contribution in [3.05, 3.63) is 64.6 Å². The van der Waals surface area contributed by atoms with Crippen LogP contribution in [0.25, 0.3) is 10.8 Å². The summed E-state index contributed by atoms with van der Waals surface area (Å²) in [5.74, 6) is 0. The Kier molecular flexibility index (Phi) is 3.43. The Labute approximate surface area is 119 Å². The molecule has 0 fully saturated rings. The summed E-state index contributed by atoms with van der Waals surface area (Å²) in [5, 5.41) is 2.60. The molecule has 0 spiro atoms. The lowest BCUT2D eigenvalue weighted by atomic mass is 10.0. The van der Waals surface area contributed by atoms with Crippen molar-refractivity contribution in [3.8, 4) is 0 Å². The molecule has 1 unspecified atom stereocenters. The standard InChI is InChI=1S/C15H12BrNS/c16-14(15-9-17-10-18-15)8-11-5-6-12-3-1-2-4-13(12)7-11/h1-7,9-10,14H,8H2. The molecule has 1 aromatic heterocycles. The van der Waals surface area contributed by atoms with Crippen molar-refractivity contribution in [2.45, 2.75) is 11.2 Å². The lowest BCUT2D eigenvalue weighted by Gasteiger charge is -2.08. The molecular formula is C15H12BrNS. The summed E-state index contributed by atoms with van der Waals surface area (Å²) in [6, 6.07) is 15.1.